The second kappa shape index (κ2) is 4.81. The van der Waals surface area contributed by atoms with Gasteiger partial charge in [-0.25, -0.2) is 4.79 Å². The number of hydrogen-bond donors (Lipinski definition) is 2. The number of hydrogen-bond acceptors (Lipinski definition) is 4. The maximum atomic E-state index is 11.4. The second-order valence-corrected chi connectivity index (χ2v) is 5.90. The van der Waals surface area contributed by atoms with Gasteiger partial charge in [0.25, 0.3) is 0 Å². The van der Waals surface area contributed by atoms with E-state index in [9.17, 15) is 9.36 Å². The van der Waals surface area contributed by atoms with Crippen molar-refractivity contribution in [1.29, 1.82) is 0 Å². The zero-order chi connectivity index (χ0) is 14.2. The molecule has 0 aliphatic heterocycles. The topological polar surface area (TPSA) is 97.0 Å². The molecule has 1 aromatic carbocycles. The van der Waals surface area contributed by atoms with E-state index < -0.39 is 19.4 Å². The van der Waals surface area contributed by atoms with Gasteiger partial charge in [-0.15, -0.1) is 0 Å². The lowest BCUT2D eigenvalue weighted by molar-refractivity contribution is 0.371. The van der Waals surface area contributed by atoms with Crippen LogP contribution in [0.5, 0.6) is 5.75 Å². The first-order valence-electron chi connectivity index (χ1n) is 5.46. The predicted octanol–water partition coefficient (Wildman–Crippen LogP) is 1.79. The van der Waals surface area contributed by atoms with Gasteiger partial charge in [0.1, 0.15) is 11.3 Å². The van der Waals surface area contributed by atoms with Crippen molar-refractivity contribution in [2.45, 2.75) is 13.1 Å². The van der Waals surface area contributed by atoms with Crippen LogP contribution in [0.4, 0.5) is 0 Å². The summed E-state index contributed by atoms with van der Waals surface area (Å²) >= 11 is 0. The molecule has 0 bridgehead atoms. The fourth-order valence-corrected chi connectivity index (χ4v) is 2.67. The van der Waals surface area contributed by atoms with E-state index in [1.54, 1.807) is 19.1 Å². The summed E-state index contributed by atoms with van der Waals surface area (Å²) in [6.07, 6.45) is -0.533. The molecule has 1 aromatic heterocycles. The molecular formula is C12H13O6P. The molecule has 1 heterocycles. The van der Waals surface area contributed by atoms with Crippen LogP contribution in [0.2, 0.25) is 0 Å². The first-order chi connectivity index (χ1) is 8.80. The number of benzene rings is 1. The summed E-state index contributed by atoms with van der Waals surface area (Å²) < 4.78 is 21.4. The first kappa shape index (κ1) is 13.8. The van der Waals surface area contributed by atoms with E-state index in [2.05, 4.69) is 0 Å². The van der Waals surface area contributed by atoms with Gasteiger partial charge in [0.05, 0.1) is 18.7 Å². The van der Waals surface area contributed by atoms with Gasteiger partial charge in [-0.2, -0.15) is 0 Å². The van der Waals surface area contributed by atoms with Crippen molar-refractivity contribution in [2.24, 2.45) is 0 Å². The monoisotopic (exact) mass is 284 g/mol. The summed E-state index contributed by atoms with van der Waals surface area (Å²) in [4.78, 5) is 29.6. The molecule has 19 heavy (non-hydrogen) atoms. The second-order valence-electron chi connectivity index (χ2n) is 4.25. The van der Waals surface area contributed by atoms with Crippen molar-refractivity contribution >= 4 is 18.6 Å². The minimum absolute atomic E-state index is 0.219. The van der Waals surface area contributed by atoms with Gasteiger partial charge in [-0.05, 0) is 30.2 Å². The number of rotatable bonds is 3. The van der Waals surface area contributed by atoms with Crippen molar-refractivity contribution in [1.82, 2.24) is 0 Å². The highest BCUT2D eigenvalue weighted by Gasteiger charge is 2.20. The molecule has 6 nitrogen and oxygen atoms in total. The lowest BCUT2D eigenvalue weighted by Gasteiger charge is -2.11. The zero-order valence-corrected chi connectivity index (χ0v) is 11.3. The van der Waals surface area contributed by atoms with Gasteiger partial charge in [-0.1, -0.05) is 0 Å². The van der Waals surface area contributed by atoms with Crippen LogP contribution in [0, 0.1) is 6.92 Å². The van der Waals surface area contributed by atoms with Crippen molar-refractivity contribution in [3.63, 3.8) is 0 Å². The van der Waals surface area contributed by atoms with E-state index in [-0.39, 0.29) is 11.1 Å². The molecule has 0 radical (unpaired) electrons. The Bertz CT molecular complexity index is 727. The summed E-state index contributed by atoms with van der Waals surface area (Å²) in [5.74, 6) is 0.419. The molecule has 0 saturated heterocycles. The maximum Gasteiger partial charge on any atom is 0.336 e. The molecule has 0 atom stereocenters. The minimum atomic E-state index is -4.29. The average molecular weight is 284 g/mol. The molecule has 0 unspecified atom stereocenters. The lowest BCUT2D eigenvalue weighted by Crippen LogP contribution is -2.02. The standard InChI is InChI=1S/C12H13O6P/c1-7-3-9(17-2)12-8(6-19(14,15)16)5-11(13)18-10(12)4-7/h3-5H,6H2,1-2H3,(H2,14,15,16). The third kappa shape index (κ3) is 3.04. The van der Waals surface area contributed by atoms with Gasteiger partial charge >= 0.3 is 13.2 Å². The summed E-state index contributed by atoms with van der Waals surface area (Å²) in [7, 11) is -2.85. The molecule has 0 fully saturated rings. The molecule has 102 valence electrons. The number of methoxy groups -OCH3 is 1. The fourth-order valence-electron chi connectivity index (χ4n) is 1.98. The SMILES string of the molecule is COc1cc(C)cc2oc(=O)cc(CP(=O)(O)O)c12. The van der Waals surface area contributed by atoms with Crippen LogP contribution in [-0.2, 0) is 10.7 Å². The Balaban J connectivity index is 2.82. The third-order valence-corrected chi connectivity index (χ3v) is 3.38. The molecule has 0 aliphatic rings. The van der Waals surface area contributed by atoms with Crippen LogP contribution in [0.3, 0.4) is 0 Å². The Morgan fingerprint density at radius 2 is 2.00 bits per heavy atom. The smallest absolute Gasteiger partial charge is 0.336 e. The Hall–Kier alpha value is -1.62. The van der Waals surface area contributed by atoms with Gasteiger partial charge < -0.3 is 18.9 Å². The fraction of sp³-hybridized carbons (Fsp3) is 0.250. The van der Waals surface area contributed by atoms with Crippen LogP contribution in [0.15, 0.2) is 27.4 Å². The highest BCUT2D eigenvalue weighted by atomic mass is 31.2. The van der Waals surface area contributed by atoms with Crippen molar-refractivity contribution in [2.75, 3.05) is 7.11 Å². The Morgan fingerprint density at radius 3 is 2.58 bits per heavy atom. The van der Waals surface area contributed by atoms with Crippen LogP contribution in [0.25, 0.3) is 11.0 Å². The highest BCUT2D eigenvalue weighted by molar-refractivity contribution is 7.50. The summed E-state index contributed by atoms with van der Waals surface area (Å²) in [6, 6.07) is 4.42. The van der Waals surface area contributed by atoms with Crippen LogP contribution < -0.4 is 10.4 Å². The Labute approximate surface area is 108 Å². The molecule has 2 rings (SSSR count). The van der Waals surface area contributed by atoms with Gasteiger partial charge in [0.2, 0.25) is 0 Å². The maximum absolute atomic E-state index is 11.4. The normalized spacial score (nSPS) is 11.8. The van der Waals surface area contributed by atoms with Crippen molar-refractivity contribution in [3.8, 4) is 5.75 Å². The highest BCUT2D eigenvalue weighted by Crippen LogP contribution is 2.42. The molecule has 2 aromatic rings. The quantitative estimate of drug-likeness (QED) is 0.658. The van der Waals surface area contributed by atoms with Crippen LogP contribution in [-0.4, -0.2) is 16.9 Å². The summed E-state index contributed by atoms with van der Waals surface area (Å²) in [6.45, 7) is 1.80. The molecule has 0 aliphatic carbocycles. The Morgan fingerprint density at radius 1 is 1.32 bits per heavy atom. The number of fused-ring (bicyclic) bond motifs is 1. The molecule has 2 N–H and O–H groups in total. The molecular weight excluding hydrogens is 271 g/mol. The average Bonchev–Trinajstić information content (AvgIpc) is 2.24. The summed E-state index contributed by atoms with van der Waals surface area (Å²) in [5, 5.41) is 0.413. The van der Waals surface area contributed by atoms with E-state index in [4.69, 9.17) is 18.9 Å². The number of ether oxygens (including phenoxy) is 1. The largest absolute Gasteiger partial charge is 0.496 e. The minimum Gasteiger partial charge on any atom is -0.496 e. The molecule has 0 amide bonds. The molecule has 0 spiro atoms. The Kier molecular flexibility index (Phi) is 3.49. The lowest BCUT2D eigenvalue weighted by atomic mass is 10.1. The zero-order valence-electron chi connectivity index (χ0n) is 10.4. The number of aryl methyl sites for hydroxylation is 1. The molecule has 0 saturated carbocycles. The predicted molar refractivity (Wildman–Crippen MR) is 69.5 cm³/mol. The van der Waals surface area contributed by atoms with Crippen LogP contribution in [0.1, 0.15) is 11.1 Å². The van der Waals surface area contributed by atoms with Gasteiger partial charge in [0, 0.05) is 6.07 Å². The van der Waals surface area contributed by atoms with Gasteiger partial charge in [0.15, 0.2) is 0 Å². The summed E-state index contributed by atoms with van der Waals surface area (Å²) in [5.41, 5.74) is 0.647. The first-order valence-corrected chi connectivity index (χ1v) is 7.26. The van der Waals surface area contributed by atoms with Crippen molar-refractivity contribution in [3.05, 3.63) is 39.7 Å². The van der Waals surface area contributed by atoms with E-state index in [0.29, 0.717) is 11.1 Å². The van der Waals surface area contributed by atoms with E-state index in [0.717, 1.165) is 11.6 Å². The van der Waals surface area contributed by atoms with E-state index >= 15 is 0 Å². The third-order valence-electron chi connectivity index (χ3n) is 2.63. The van der Waals surface area contributed by atoms with Crippen molar-refractivity contribution < 1.29 is 23.5 Å². The van der Waals surface area contributed by atoms with Gasteiger partial charge in [-0.3, -0.25) is 4.57 Å². The molecule has 7 heteroatoms. The van der Waals surface area contributed by atoms with E-state index in [1.165, 1.54) is 7.11 Å². The van der Waals surface area contributed by atoms with Crippen LogP contribution >= 0.6 is 7.60 Å². The van der Waals surface area contributed by atoms with E-state index in [1.807, 2.05) is 0 Å².